The SMILES string of the molecule is O=C(O)c1cccc([C@H]2CCCN(S(=O)(=O)c3c[nH]c(=O)[nH]c3=O)C2)c1. The van der Waals surface area contributed by atoms with Gasteiger partial charge in [0.2, 0.25) is 10.0 Å². The Kier molecular flexibility index (Phi) is 4.79. The first-order valence-corrected chi connectivity index (χ1v) is 9.38. The van der Waals surface area contributed by atoms with Gasteiger partial charge in [0.1, 0.15) is 0 Å². The topological polar surface area (TPSA) is 140 Å². The van der Waals surface area contributed by atoms with Gasteiger partial charge >= 0.3 is 11.7 Å². The first kappa shape index (κ1) is 18.1. The number of rotatable bonds is 4. The molecule has 3 rings (SSSR count). The van der Waals surface area contributed by atoms with Crippen molar-refractivity contribution < 1.29 is 18.3 Å². The Bertz CT molecular complexity index is 1060. The van der Waals surface area contributed by atoms with Crippen LogP contribution in [0, 0.1) is 0 Å². The Morgan fingerprint density at radius 3 is 2.73 bits per heavy atom. The summed E-state index contributed by atoms with van der Waals surface area (Å²) >= 11 is 0. The van der Waals surface area contributed by atoms with E-state index in [1.165, 1.54) is 16.4 Å². The quantitative estimate of drug-likeness (QED) is 0.699. The number of carboxylic acids is 1. The van der Waals surface area contributed by atoms with Crippen molar-refractivity contribution in [1.29, 1.82) is 0 Å². The second-order valence-corrected chi connectivity index (χ2v) is 7.98. The van der Waals surface area contributed by atoms with Gasteiger partial charge in [-0.2, -0.15) is 4.31 Å². The lowest BCUT2D eigenvalue weighted by Crippen LogP contribution is -2.41. The van der Waals surface area contributed by atoms with Crippen molar-refractivity contribution in [3.63, 3.8) is 0 Å². The monoisotopic (exact) mass is 379 g/mol. The number of nitrogens with zero attached hydrogens (tertiary/aromatic N) is 1. The van der Waals surface area contributed by atoms with Gasteiger partial charge in [-0.1, -0.05) is 12.1 Å². The zero-order valence-electron chi connectivity index (χ0n) is 13.6. The van der Waals surface area contributed by atoms with Crippen molar-refractivity contribution in [2.24, 2.45) is 0 Å². The number of hydrogen-bond acceptors (Lipinski definition) is 5. The number of aromatic nitrogens is 2. The molecule has 1 aliphatic heterocycles. The van der Waals surface area contributed by atoms with Crippen LogP contribution in [-0.4, -0.2) is 46.9 Å². The van der Waals surface area contributed by atoms with E-state index in [1.54, 1.807) is 12.1 Å². The predicted octanol–water partition coefficient (Wildman–Crippen LogP) is 0.330. The number of piperidine rings is 1. The van der Waals surface area contributed by atoms with Gasteiger partial charge in [0.05, 0.1) is 5.56 Å². The summed E-state index contributed by atoms with van der Waals surface area (Å²) in [7, 11) is -4.07. The smallest absolute Gasteiger partial charge is 0.335 e. The van der Waals surface area contributed by atoms with E-state index in [2.05, 4.69) is 4.98 Å². The molecule has 2 aromatic rings. The van der Waals surface area contributed by atoms with Gasteiger partial charge in [0, 0.05) is 19.3 Å². The summed E-state index contributed by atoms with van der Waals surface area (Å²) in [6, 6.07) is 6.40. The highest BCUT2D eigenvalue weighted by Crippen LogP contribution is 2.30. The molecule has 1 fully saturated rings. The summed E-state index contributed by atoms with van der Waals surface area (Å²) in [5.41, 5.74) is -0.876. The molecule has 1 aromatic heterocycles. The average Bonchev–Trinajstić information content (AvgIpc) is 2.61. The third kappa shape index (κ3) is 3.46. The van der Waals surface area contributed by atoms with E-state index < -0.39 is 32.1 Å². The molecule has 9 nitrogen and oxygen atoms in total. The van der Waals surface area contributed by atoms with Crippen LogP contribution in [0.1, 0.15) is 34.7 Å². The molecule has 1 atom stereocenters. The molecule has 0 spiro atoms. The summed E-state index contributed by atoms with van der Waals surface area (Å²) in [5, 5.41) is 9.12. The van der Waals surface area contributed by atoms with Crippen LogP contribution >= 0.6 is 0 Å². The Morgan fingerprint density at radius 2 is 2.04 bits per heavy atom. The summed E-state index contributed by atoms with van der Waals surface area (Å²) in [6.07, 6.45) is 2.17. The molecule has 0 aliphatic carbocycles. The number of aromatic amines is 2. The second kappa shape index (κ2) is 6.89. The highest BCUT2D eigenvalue weighted by atomic mass is 32.2. The van der Waals surface area contributed by atoms with Gasteiger partial charge in [0.15, 0.2) is 4.90 Å². The fraction of sp³-hybridized carbons (Fsp3) is 0.312. The number of carbonyl (C=O) groups is 1. The van der Waals surface area contributed by atoms with E-state index in [1.807, 2.05) is 4.98 Å². The molecule has 0 amide bonds. The lowest BCUT2D eigenvalue weighted by Gasteiger charge is -2.32. The Balaban J connectivity index is 1.90. The first-order chi connectivity index (χ1) is 12.3. The van der Waals surface area contributed by atoms with E-state index in [0.717, 1.165) is 11.8 Å². The number of nitrogens with one attached hydrogen (secondary N) is 2. The van der Waals surface area contributed by atoms with Crippen molar-refractivity contribution in [3.8, 4) is 0 Å². The summed E-state index contributed by atoms with van der Waals surface area (Å²) < 4.78 is 26.7. The molecule has 26 heavy (non-hydrogen) atoms. The van der Waals surface area contributed by atoms with Gasteiger partial charge in [-0.3, -0.25) is 9.78 Å². The van der Waals surface area contributed by atoms with Crippen LogP contribution in [0.2, 0.25) is 0 Å². The van der Waals surface area contributed by atoms with Crippen molar-refractivity contribution >= 4 is 16.0 Å². The Labute approximate surface area is 148 Å². The van der Waals surface area contributed by atoms with Crippen molar-refractivity contribution in [1.82, 2.24) is 14.3 Å². The fourth-order valence-electron chi connectivity index (χ4n) is 3.09. The summed E-state index contributed by atoms with van der Waals surface area (Å²) in [4.78, 5) is 37.7. The minimum atomic E-state index is -4.07. The number of H-pyrrole nitrogens is 2. The predicted molar refractivity (Wildman–Crippen MR) is 91.8 cm³/mol. The zero-order valence-corrected chi connectivity index (χ0v) is 14.5. The van der Waals surface area contributed by atoms with Crippen LogP contribution in [0.15, 0.2) is 44.9 Å². The van der Waals surface area contributed by atoms with Crippen LogP contribution in [0.25, 0.3) is 0 Å². The van der Waals surface area contributed by atoms with E-state index in [9.17, 15) is 22.8 Å². The molecule has 1 saturated heterocycles. The molecule has 0 bridgehead atoms. The number of benzene rings is 1. The van der Waals surface area contributed by atoms with Gasteiger partial charge in [-0.05, 0) is 36.5 Å². The largest absolute Gasteiger partial charge is 0.478 e. The van der Waals surface area contributed by atoms with E-state index in [-0.39, 0.29) is 24.6 Å². The number of aromatic carboxylic acids is 1. The van der Waals surface area contributed by atoms with E-state index in [0.29, 0.717) is 12.8 Å². The van der Waals surface area contributed by atoms with Gasteiger partial charge in [0.25, 0.3) is 5.56 Å². The molecule has 0 unspecified atom stereocenters. The summed E-state index contributed by atoms with van der Waals surface area (Å²) in [6.45, 7) is 0.375. The molecule has 0 radical (unpaired) electrons. The van der Waals surface area contributed by atoms with Crippen LogP contribution in [0.4, 0.5) is 0 Å². The molecule has 0 saturated carbocycles. The number of carboxylic acid groups (broad SMARTS) is 1. The number of hydrogen-bond donors (Lipinski definition) is 3. The fourth-order valence-corrected chi connectivity index (χ4v) is 4.60. The van der Waals surface area contributed by atoms with Crippen molar-refractivity contribution in [2.45, 2.75) is 23.7 Å². The van der Waals surface area contributed by atoms with Crippen molar-refractivity contribution in [3.05, 3.63) is 62.4 Å². The maximum atomic E-state index is 12.8. The minimum absolute atomic E-state index is 0.129. The van der Waals surface area contributed by atoms with Crippen molar-refractivity contribution in [2.75, 3.05) is 13.1 Å². The van der Waals surface area contributed by atoms with Crippen LogP contribution in [-0.2, 0) is 10.0 Å². The molecular formula is C16H17N3O6S. The lowest BCUT2D eigenvalue weighted by atomic mass is 9.91. The van der Waals surface area contributed by atoms with E-state index in [4.69, 9.17) is 5.11 Å². The van der Waals surface area contributed by atoms with Crippen LogP contribution in [0.3, 0.4) is 0 Å². The standard InChI is InChI=1S/C16H17N3O6S/c20-14-13(8-17-16(23)18-14)26(24,25)19-6-2-5-12(9-19)10-3-1-4-11(7-10)15(21)22/h1,3-4,7-8,12H,2,5-6,9H2,(H,21,22)(H2,17,18,20,23)/t12-/m0/s1. The Hall–Kier alpha value is -2.72. The van der Waals surface area contributed by atoms with E-state index >= 15 is 0 Å². The first-order valence-electron chi connectivity index (χ1n) is 7.94. The maximum absolute atomic E-state index is 12.8. The summed E-state index contributed by atoms with van der Waals surface area (Å²) in [5.74, 6) is -1.23. The van der Waals surface area contributed by atoms with Crippen LogP contribution < -0.4 is 11.2 Å². The third-order valence-corrected chi connectivity index (χ3v) is 6.26. The number of sulfonamides is 1. The third-order valence-electron chi connectivity index (χ3n) is 4.39. The molecular weight excluding hydrogens is 362 g/mol. The highest BCUT2D eigenvalue weighted by molar-refractivity contribution is 7.89. The average molecular weight is 379 g/mol. The van der Waals surface area contributed by atoms with Gasteiger partial charge in [-0.25, -0.2) is 18.0 Å². The minimum Gasteiger partial charge on any atom is -0.478 e. The second-order valence-electron chi connectivity index (χ2n) is 6.07. The zero-order chi connectivity index (χ0) is 18.9. The maximum Gasteiger partial charge on any atom is 0.335 e. The lowest BCUT2D eigenvalue weighted by molar-refractivity contribution is 0.0696. The Morgan fingerprint density at radius 1 is 1.27 bits per heavy atom. The highest BCUT2D eigenvalue weighted by Gasteiger charge is 2.33. The molecule has 138 valence electrons. The van der Waals surface area contributed by atoms with Crippen LogP contribution in [0.5, 0.6) is 0 Å². The molecule has 3 N–H and O–H groups in total. The van der Waals surface area contributed by atoms with Gasteiger partial charge < -0.3 is 10.1 Å². The van der Waals surface area contributed by atoms with Gasteiger partial charge in [-0.15, -0.1) is 0 Å². The normalized spacial score (nSPS) is 18.5. The molecule has 1 aromatic carbocycles. The molecule has 10 heteroatoms. The molecule has 2 heterocycles. The molecule has 1 aliphatic rings.